The molecule has 0 heterocycles. The topological polar surface area (TPSA) is 132 Å². The number of nitrogens with one attached hydrogen (secondary N) is 1. The van der Waals surface area contributed by atoms with Crippen LogP contribution in [0.4, 0.5) is 11.4 Å². The van der Waals surface area contributed by atoms with Crippen molar-refractivity contribution in [1.29, 1.82) is 5.26 Å². The van der Waals surface area contributed by atoms with Gasteiger partial charge in [-0.15, -0.1) is 0 Å². The third-order valence-corrected chi connectivity index (χ3v) is 4.15. The van der Waals surface area contributed by atoms with Crippen molar-refractivity contribution in [1.82, 2.24) is 0 Å². The zero-order chi connectivity index (χ0) is 21.6. The van der Waals surface area contributed by atoms with Crippen molar-refractivity contribution in [2.45, 2.75) is 26.9 Å². The molecular formula is C20H19N3O6. The molecule has 0 aliphatic rings. The quantitative estimate of drug-likeness (QED) is 0.431. The molecule has 0 aromatic heterocycles. The monoisotopic (exact) mass is 397 g/mol. The first-order valence-electron chi connectivity index (χ1n) is 8.60. The molecule has 9 heteroatoms. The summed E-state index contributed by atoms with van der Waals surface area (Å²) in [4.78, 5) is 34.7. The second kappa shape index (κ2) is 9.32. The number of benzene rings is 2. The number of nitro groups is 1. The van der Waals surface area contributed by atoms with Gasteiger partial charge in [0.15, 0.2) is 12.7 Å². The van der Waals surface area contributed by atoms with Crippen LogP contribution in [0.2, 0.25) is 0 Å². The molecule has 0 bridgehead atoms. The van der Waals surface area contributed by atoms with Gasteiger partial charge >= 0.3 is 5.97 Å². The highest BCUT2D eigenvalue weighted by molar-refractivity contribution is 5.96. The fourth-order valence-corrected chi connectivity index (χ4v) is 2.40. The van der Waals surface area contributed by atoms with E-state index in [1.807, 2.05) is 6.07 Å². The number of aryl methyl sites for hydroxylation is 1. The standard InChI is InChI=1S/C20H19N3O6/c1-12-4-9-17(23(26)27)19(13(12)2)22-18(24)11-28-20(25)14(3)29-16-7-5-15(10-21)6-8-16/h4-9,14H,11H2,1-3H3,(H,22,24)/t14-/m1/s1. The molecule has 0 fully saturated rings. The summed E-state index contributed by atoms with van der Waals surface area (Å²) < 4.78 is 10.3. The Morgan fingerprint density at radius 1 is 1.21 bits per heavy atom. The molecule has 150 valence electrons. The van der Waals surface area contributed by atoms with E-state index in [2.05, 4.69) is 5.32 Å². The summed E-state index contributed by atoms with van der Waals surface area (Å²) in [7, 11) is 0. The molecule has 9 nitrogen and oxygen atoms in total. The van der Waals surface area contributed by atoms with Crippen molar-refractivity contribution in [2.24, 2.45) is 0 Å². The molecule has 0 aliphatic heterocycles. The number of nitriles is 1. The minimum Gasteiger partial charge on any atom is -0.479 e. The van der Waals surface area contributed by atoms with Crippen molar-refractivity contribution < 1.29 is 24.0 Å². The van der Waals surface area contributed by atoms with Crippen LogP contribution in [0.25, 0.3) is 0 Å². The van der Waals surface area contributed by atoms with Crippen molar-refractivity contribution >= 4 is 23.3 Å². The molecule has 1 amide bonds. The molecule has 1 atom stereocenters. The number of carbonyl (C=O) groups excluding carboxylic acids is 2. The maximum absolute atomic E-state index is 12.1. The second-order valence-corrected chi connectivity index (χ2v) is 6.21. The molecular weight excluding hydrogens is 378 g/mol. The van der Waals surface area contributed by atoms with Gasteiger partial charge in [0, 0.05) is 6.07 Å². The molecule has 0 aliphatic carbocycles. The third kappa shape index (κ3) is 5.52. The largest absolute Gasteiger partial charge is 0.479 e. The smallest absolute Gasteiger partial charge is 0.347 e. The van der Waals surface area contributed by atoms with Crippen LogP contribution in [-0.4, -0.2) is 29.5 Å². The lowest BCUT2D eigenvalue weighted by molar-refractivity contribution is -0.384. The third-order valence-electron chi connectivity index (χ3n) is 4.15. The van der Waals surface area contributed by atoms with Crippen molar-refractivity contribution in [3.63, 3.8) is 0 Å². The van der Waals surface area contributed by atoms with Crippen LogP contribution in [0.15, 0.2) is 36.4 Å². The Bertz CT molecular complexity index is 979. The van der Waals surface area contributed by atoms with Crippen LogP contribution in [-0.2, 0) is 14.3 Å². The van der Waals surface area contributed by atoms with Gasteiger partial charge < -0.3 is 14.8 Å². The molecule has 0 spiro atoms. The van der Waals surface area contributed by atoms with E-state index in [4.69, 9.17) is 14.7 Å². The summed E-state index contributed by atoms with van der Waals surface area (Å²) in [6.45, 7) is 4.24. The van der Waals surface area contributed by atoms with Gasteiger partial charge in [-0.05, 0) is 56.2 Å². The summed E-state index contributed by atoms with van der Waals surface area (Å²) in [6, 6.07) is 11.0. The summed E-state index contributed by atoms with van der Waals surface area (Å²) in [5, 5.41) is 22.4. The van der Waals surface area contributed by atoms with Gasteiger partial charge in [0.05, 0.1) is 16.6 Å². The number of rotatable bonds is 7. The van der Waals surface area contributed by atoms with Crippen LogP contribution in [0.1, 0.15) is 23.6 Å². The fourth-order valence-electron chi connectivity index (χ4n) is 2.40. The predicted molar refractivity (Wildman–Crippen MR) is 103 cm³/mol. The first-order chi connectivity index (χ1) is 13.7. The predicted octanol–water partition coefficient (Wildman–Crippen LogP) is 3.03. The molecule has 0 unspecified atom stereocenters. The Morgan fingerprint density at radius 3 is 2.45 bits per heavy atom. The molecule has 2 aromatic carbocycles. The molecule has 29 heavy (non-hydrogen) atoms. The average molecular weight is 397 g/mol. The van der Waals surface area contributed by atoms with E-state index in [9.17, 15) is 19.7 Å². The van der Waals surface area contributed by atoms with Crippen molar-refractivity contribution in [3.8, 4) is 11.8 Å². The Labute approximate surface area is 167 Å². The second-order valence-electron chi connectivity index (χ2n) is 6.21. The van der Waals surface area contributed by atoms with Crippen LogP contribution in [0.5, 0.6) is 5.75 Å². The summed E-state index contributed by atoms with van der Waals surface area (Å²) in [5.74, 6) is -1.12. The van der Waals surface area contributed by atoms with Gasteiger partial charge in [-0.3, -0.25) is 14.9 Å². The molecule has 0 radical (unpaired) electrons. The number of nitrogens with zero attached hydrogens (tertiary/aromatic N) is 2. The SMILES string of the molecule is Cc1ccc([N+](=O)[O-])c(NC(=O)COC(=O)[C@@H](C)Oc2ccc(C#N)cc2)c1C. The normalized spacial score (nSPS) is 11.1. The lowest BCUT2D eigenvalue weighted by atomic mass is 10.1. The first-order valence-corrected chi connectivity index (χ1v) is 8.60. The molecule has 2 rings (SSSR count). The fraction of sp³-hybridized carbons (Fsp3) is 0.250. The number of ether oxygens (including phenoxy) is 2. The van der Waals surface area contributed by atoms with Crippen LogP contribution in [0, 0.1) is 35.3 Å². The molecule has 2 aromatic rings. The minimum atomic E-state index is -0.995. The number of hydrogen-bond donors (Lipinski definition) is 1. The number of anilines is 1. The van der Waals surface area contributed by atoms with Crippen LogP contribution in [0.3, 0.4) is 0 Å². The van der Waals surface area contributed by atoms with Crippen LogP contribution < -0.4 is 10.1 Å². The Kier molecular flexibility index (Phi) is 6.87. The van der Waals surface area contributed by atoms with E-state index in [0.717, 1.165) is 5.56 Å². The van der Waals surface area contributed by atoms with E-state index in [1.165, 1.54) is 37.3 Å². The zero-order valence-corrected chi connectivity index (χ0v) is 16.1. The van der Waals surface area contributed by atoms with E-state index in [0.29, 0.717) is 16.9 Å². The Hall–Kier alpha value is -3.93. The summed E-state index contributed by atoms with van der Waals surface area (Å²) in [5.41, 5.74) is 1.59. The summed E-state index contributed by atoms with van der Waals surface area (Å²) in [6.07, 6.45) is -0.995. The number of carbonyl (C=O) groups is 2. The van der Waals surface area contributed by atoms with Crippen LogP contribution >= 0.6 is 0 Å². The zero-order valence-electron chi connectivity index (χ0n) is 16.1. The van der Waals surface area contributed by atoms with Crippen molar-refractivity contribution in [2.75, 3.05) is 11.9 Å². The molecule has 0 saturated carbocycles. The van der Waals surface area contributed by atoms with Gasteiger partial charge in [0.25, 0.3) is 11.6 Å². The highest BCUT2D eigenvalue weighted by Gasteiger charge is 2.21. The summed E-state index contributed by atoms with van der Waals surface area (Å²) >= 11 is 0. The number of amides is 1. The maximum atomic E-state index is 12.1. The molecule has 1 N–H and O–H groups in total. The minimum absolute atomic E-state index is 0.0675. The van der Waals surface area contributed by atoms with E-state index >= 15 is 0 Å². The average Bonchev–Trinajstić information content (AvgIpc) is 2.70. The lowest BCUT2D eigenvalue weighted by Gasteiger charge is -2.14. The van der Waals surface area contributed by atoms with E-state index in [1.54, 1.807) is 19.9 Å². The van der Waals surface area contributed by atoms with Gasteiger partial charge in [-0.2, -0.15) is 5.26 Å². The Morgan fingerprint density at radius 2 is 1.86 bits per heavy atom. The highest BCUT2D eigenvalue weighted by atomic mass is 16.6. The highest BCUT2D eigenvalue weighted by Crippen LogP contribution is 2.30. The van der Waals surface area contributed by atoms with Crippen molar-refractivity contribution in [3.05, 3.63) is 63.2 Å². The first kappa shape index (κ1) is 21.4. The lowest BCUT2D eigenvalue weighted by Crippen LogP contribution is -2.30. The van der Waals surface area contributed by atoms with E-state index in [-0.39, 0.29) is 11.4 Å². The van der Waals surface area contributed by atoms with Gasteiger partial charge in [-0.25, -0.2) is 4.79 Å². The molecule has 0 saturated heterocycles. The Balaban J connectivity index is 1.95. The number of nitro benzene ring substituents is 1. The maximum Gasteiger partial charge on any atom is 0.347 e. The van der Waals surface area contributed by atoms with E-state index < -0.39 is 29.5 Å². The van der Waals surface area contributed by atoms with Gasteiger partial charge in [-0.1, -0.05) is 6.07 Å². The number of hydrogen-bond acceptors (Lipinski definition) is 7. The van der Waals surface area contributed by atoms with Gasteiger partial charge in [0.2, 0.25) is 0 Å². The van der Waals surface area contributed by atoms with Gasteiger partial charge in [0.1, 0.15) is 11.4 Å². The number of esters is 1.